The van der Waals surface area contributed by atoms with Crippen LogP contribution in [0.25, 0.3) is 5.76 Å². The number of ether oxygens (including phenoxy) is 3. The molecule has 0 bridgehead atoms. The third-order valence-corrected chi connectivity index (χ3v) is 8.91. The van der Waals surface area contributed by atoms with Crippen LogP contribution in [-0.4, -0.2) is 46.8 Å². The fourth-order valence-corrected chi connectivity index (χ4v) is 6.59. The van der Waals surface area contributed by atoms with Crippen molar-refractivity contribution in [2.45, 2.75) is 29.5 Å². The minimum atomic E-state index is -0.999. The number of hydrogen-bond acceptors (Lipinski definition) is 10. The number of hydrogen-bond donors (Lipinski definition) is 1. The normalized spacial score (nSPS) is 17.3. The van der Waals surface area contributed by atoms with E-state index in [0.717, 1.165) is 23.3 Å². The topological polar surface area (TPSA) is 111 Å². The molecule has 0 aliphatic carbocycles. The van der Waals surface area contributed by atoms with E-state index in [0.29, 0.717) is 58.3 Å². The second-order valence-corrected chi connectivity index (χ2v) is 11.9. The Morgan fingerprint density at radius 1 is 1.07 bits per heavy atom. The molecule has 0 saturated carbocycles. The molecule has 6 rings (SSSR count). The number of aliphatic hydroxyl groups is 1. The highest BCUT2D eigenvalue weighted by Crippen LogP contribution is 2.45. The lowest BCUT2D eigenvalue weighted by Crippen LogP contribution is -2.29. The van der Waals surface area contributed by atoms with Gasteiger partial charge in [0.2, 0.25) is 5.13 Å². The van der Waals surface area contributed by atoms with Crippen molar-refractivity contribution in [3.8, 4) is 17.2 Å². The number of anilines is 1. The monoisotopic (exact) mass is 619 g/mol. The molecule has 220 valence electrons. The average molecular weight is 620 g/mol. The van der Waals surface area contributed by atoms with Gasteiger partial charge >= 0.3 is 5.91 Å². The van der Waals surface area contributed by atoms with Crippen molar-refractivity contribution < 1.29 is 33.3 Å². The molecule has 12 heteroatoms. The Hall–Kier alpha value is -4.42. The fraction of sp³-hybridized carbons (Fsp3) is 0.226. The van der Waals surface area contributed by atoms with E-state index >= 15 is 0 Å². The second kappa shape index (κ2) is 12.4. The summed E-state index contributed by atoms with van der Waals surface area (Å²) < 4.78 is 30.9. The average Bonchev–Trinajstić information content (AvgIpc) is 3.61. The van der Waals surface area contributed by atoms with E-state index in [2.05, 4.69) is 10.2 Å². The molecule has 0 radical (unpaired) electrons. The highest BCUT2D eigenvalue weighted by molar-refractivity contribution is 8.00. The van der Waals surface area contributed by atoms with Gasteiger partial charge in [0.1, 0.15) is 30.5 Å². The lowest BCUT2D eigenvalue weighted by Gasteiger charge is -2.23. The first-order valence-electron chi connectivity index (χ1n) is 13.6. The number of carbonyl (C=O) groups is 2. The zero-order valence-electron chi connectivity index (χ0n) is 23.0. The van der Waals surface area contributed by atoms with Gasteiger partial charge in [-0.15, -0.1) is 10.2 Å². The van der Waals surface area contributed by atoms with Gasteiger partial charge in [0.05, 0.1) is 18.2 Å². The van der Waals surface area contributed by atoms with E-state index in [9.17, 15) is 19.1 Å². The first-order chi connectivity index (χ1) is 20.9. The molecule has 1 fully saturated rings. The predicted molar refractivity (Wildman–Crippen MR) is 160 cm³/mol. The quantitative estimate of drug-likeness (QED) is 0.0775. The third kappa shape index (κ3) is 5.93. The molecule has 1 aromatic heterocycles. The molecule has 3 aromatic carbocycles. The Bertz CT molecular complexity index is 1710. The molecule has 1 atom stereocenters. The molecule has 2 aliphatic heterocycles. The van der Waals surface area contributed by atoms with E-state index in [1.807, 2.05) is 6.92 Å². The molecular formula is C31H26FN3O6S2. The molecule has 1 N–H and O–H groups in total. The van der Waals surface area contributed by atoms with Crippen LogP contribution in [0.5, 0.6) is 17.2 Å². The Kier molecular flexibility index (Phi) is 8.30. The summed E-state index contributed by atoms with van der Waals surface area (Å²) in [6.45, 7) is 3.25. The highest BCUT2D eigenvalue weighted by Gasteiger charge is 2.48. The molecule has 1 amide bonds. The Labute approximate surface area is 254 Å². The predicted octanol–water partition coefficient (Wildman–Crippen LogP) is 6.16. The number of benzene rings is 3. The number of ketones is 1. The van der Waals surface area contributed by atoms with Crippen LogP contribution in [0.15, 0.2) is 76.6 Å². The molecule has 1 saturated heterocycles. The van der Waals surface area contributed by atoms with Crippen molar-refractivity contribution >= 4 is 45.7 Å². The van der Waals surface area contributed by atoms with Gasteiger partial charge in [0, 0.05) is 11.3 Å². The molecular weight excluding hydrogens is 593 g/mol. The van der Waals surface area contributed by atoms with Gasteiger partial charge in [-0.2, -0.15) is 0 Å². The van der Waals surface area contributed by atoms with E-state index in [-0.39, 0.29) is 22.3 Å². The van der Waals surface area contributed by atoms with Gasteiger partial charge in [-0.05, 0) is 60.0 Å². The molecule has 2 aliphatic rings. The van der Waals surface area contributed by atoms with Gasteiger partial charge in [0.25, 0.3) is 5.78 Å². The van der Waals surface area contributed by atoms with E-state index in [4.69, 9.17) is 14.2 Å². The molecule has 9 nitrogen and oxygen atoms in total. The van der Waals surface area contributed by atoms with Crippen molar-refractivity contribution in [3.63, 3.8) is 0 Å². The first kappa shape index (κ1) is 28.7. The van der Waals surface area contributed by atoms with Crippen LogP contribution in [0.4, 0.5) is 9.52 Å². The van der Waals surface area contributed by atoms with Crippen LogP contribution in [0, 0.1) is 5.82 Å². The maximum absolute atomic E-state index is 13.6. The molecule has 4 aromatic rings. The van der Waals surface area contributed by atoms with E-state index in [1.54, 1.807) is 54.6 Å². The van der Waals surface area contributed by atoms with Crippen LogP contribution in [0.3, 0.4) is 0 Å². The van der Waals surface area contributed by atoms with Crippen molar-refractivity contribution in [2.75, 3.05) is 24.7 Å². The third-order valence-electron chi connectivity index (χ3n) is 6.78. The number of halogens is 1. The van der Waals surface area contributed by atoms with Crippen LogP contribution >= 0.6 is 23.1 Å². The summed E-state index contributed by atoms with van der Waals surface area (Å²) in [6.07, 6.45) is 0.802. The summed E-state index contributed by atoms with van der Waals surface area (Å²) >= 11 is 2.53. The number of fused-ring (bicyclic) bond motifs is 1. The maximum Gasteiger partial charge on any atom is 0.301 e. The number of thioether (sulfide) groups is 1. The summed E-state index contributed by atoms with van der Waals surface area (Å²) in [4.78, 5) is 28.5. The van der Waals surface area contributed by atoms with Crippen LogP contribution < -0.4 is 19.1 Å². The largest absolute Gasteiger partial charge is 0.507 e. The first-order valence-corrected chi connectivity index (χ1v) is 15.4. The van der Waals surface area contributed by atoms with Crippen molar-refractivity contribution in [1.29, 1.82) is 0 Å². The Morgan fingerprint density at radius 2 is 1.86 bits per heavy atom. The molecule has 0 unspecified atom stereocenters. The smallest absolute Gasteiger partial charge is 0.301 e. The van der Waals surface area contributed by atoms with Gasteiger partial charge in [0.15, 0.2) is 15.8 Å². The van der Waals surface area contributed by atoms with Crippen LogP contribution in [-0.2, 0) is 15.3 Å². The molecule has 0 spiro atoms. The molecule has 43 heavy (non-hydrogen) atoms. The number of amides is 1. The second-order valence-electron chi connectivity index (χ2n) is 9.71. The Balaban J connectivity index is 1.39. The number of rotatable bonds is 9. The fourth-order valence-electron chi connectivity index (χ4n) is 4.77. The van der Waals surface area contributed by atoms with E-state index in [1.165, 1.54) is 28.8 Å². The number of nitrogens with zero attached hydrogens (tertiary/aromatic N) is 3. The number of aromatic nitrogens is 2. The zero-order chi connectivity index (χ0) is 29.9. The summed E-state index contributed by atoms with van der Waals surface area (Å²) in [5.41, 5.74) is 1.66. The lowest BCUT2D eigenvalue weighted by molar-refractivity contribution is -0.132. The minimum Gasteiger partial charge on any atom is -0.507 e. The van der Waals surface area contributed by atoms with E-state index < -0.39 is 17.7 Å². The number of carbonyl (C=O) groups excluding carboxylic acids is 2. The zero-order valence-corrected chi connectivity index (χ0v) is 24.6. The number of Topliss-reactive ketones (excluding diaryl/α,β-unsaturated/α-hetero) is 1. The van der Waals surface area contributed by atoms with Crippen molar-refractivity contribution in [1.82, 2.24) is 10.2 Å². The highest BCUT2D eigenvalue weighted by atomic mass is 32.2. The summed E-state index contributed by atoms with van der Waals surface area (Å²) in [5.74, 6) is -0.317. The van der Waals surface area contributed by atoms with Crippen LogP contribution in [0.1, 0.15) is 36.1 Å². The maximum atomic E-state index is 13.6. The lowest BCUT2D eigenvalue weighted by atomic mass is 9.95. The Morgan fingerprint density at radius 3 is 2.65 bits per heavy atom. The van der Waals surface area contributed by atoms with Crippen molar-refractivity contribution in [3.05, 3.63) is 94.8 Å². The van der Waals surface area contributed by atoms with Crippen LogP contribution in [0.2, 0.25) is 0 Å². The molecule has 3 heterocycles. The van der Waals surface area contributed by atoms with Crippen molar-refractivity contribution in [2.24, 2.45) is 0 Å². The standard InChI is InChI=1S/C31H26FN3O6S2/c1-2-12-39-22-5-3-4-19(15-22)26-25(27(36)20-8-11-23-24(16-20)41-14-13-40-23)28(37)29(38)35(26)30-33-34-31(43-30)42-17-18-6-9-21(32)10-7-18/h3-11,15-16,26,36H,2,12-14,17H2,1H3/t26-/m1/s1. The van der Waals surface area contributed by atoms with Gasteiger partial charge in [-0.3, -0.25) is 14.5 Å². The van der Waals surface area contributed by atoms with Gasteiger partial charge < -0.3 is 19.3 Å². The van der Waals surface area contributed by atoms with Gasteiger partial charge in [-0.1, -0.05) is 54.3 Å². The SMILES string of the molecule is CCCOc1cccc([C@@H]2C(=C(O)c3ccc4c(c3)OCCO4)C(=O)C(=O)N2c2nnc(SCc3ccc(F)cc3)s2)c1. The summed E-state index contributed by atoms with van der Waals surface area (Å²) in [5, 5.41) is 20.2. The number of aliphatic hydroxyl groups excluding tert-OH is 1. The summed E-state index contributed by atoms with van der Waals surface area (Å²) in [6, 6.07) is 17.1. The van der Waals surface area contributed by atoms with Gasteiger partial charge in [-0.25, -0.2) is 4.39 Å². The minimum absolute atomic E-state index is 0.0926. The summed E-state index contributed by atoms with van der Waals surface area (Å²) in [7, 11) is 0.